The second-order valence-electron chi connectivity index (χ2n) is 12.7. The molecule has 0 amide bonds. The van der Waals surface area contributed by atoms with Crippen molar-refractivity contribution in [3.05, 3.63) is 120 Å². The van der Waals surface area contributed by atoms with Crippen molar-refractivity contribution in [1.82, 2.24) is 4.98 Å². The molecule has 0 atom stereocenters. The Kier molecular flexibility index (Phi) is 9.11. The fourth-order valence-electron chi connectivity index (χ4n) is 4.82. The average molecular weight is 736 g/mol. The van der Waals surface area contributed by atoms with Gasteiger partial charge in [-0.05, 0) is 40.5 Å². The molecule has 0 bridgehead atoms. The summed E-state index contributed by atoms with van der Waals surface area (Å²) in [5.41, 5.74) is 11.9. The van der Waals surface area contributed by atoms with Crippen molar-refractivity contribution < 1.29 is 22.4 Å². The van der Waals surface area contributed by atoms with Crippen molar-refractivity contribution in [2.24, 2.45) is 0 Å². The summed E-state index contributed by atoms with van der Waals surface area (Å²) in [7, 11) is 0. The van der Waals surface area contributed by atoms with Gasteiger partial charge in [0.2, 0.25) is 0 Å². The molecular formula is C38H36AuNS. The molecule has 1 heterocycles. The third-order valence-corrected chi connectivity index (χ3v) is 7.71. The van der Waals surface area contributed by atoms with Crippen molar-refractivity contribution in [3.63, 3.8) is 0 Å². The maximum Gasteiger partial charge on any atom is 3.00 e. The Labute approximate surface area is 267 Å². The van der Waals surface area contributed by atoms with Gasteiger partial charge in [-0.1, -0.05) is 107 Å². The molecule has 3 heteroatoms. The van der Waals surface area contributed by atoms with Gasteiger partial charge >= 0.3 is 22.4 Å². The predicted molar refractivity (Wildman–Crippen MR) is 171 cm³/mol. The van der Waals surface area contributed by atoms with Crippen LogP contribution in [-0.4, -0.2) is 4.98 Å². The molecule has 0 saturated heterocycles. The van der Waals surface area contributed by atoms with Crippen LogP contribution in [0.1, 0.15) is 58.2 Å². The molecule has 5 aromatic rings. The Bertz CT molecular complexity index is 1580. The molecule has 0 saturated carbocycles. The molecule has 0 spiro atoms. The summed E-state index contributed by atoms with van der Waals surface area (Å²) < 4.78 is 0. The summed E-state index contributed by atoms with van der Waals surface area (Å²) in [6.07, 6.45) is 0. The van der Waals surface area contributed by atoms with Gasteiger partial charge in [0.1, 0.15) is 0 Å². The molecule has 1 aromatic heterocycles. The van der Waals surface area contributed by atoms with Crippen molar-refractivity contribution in [2.75, 3.05) is 0 Å². The van der Waals surface area contributed by atoms with Gasteiger partial charge in [0.25, 0.3) is 0 Å². The van der Waals surface area contributed by atoms with Crippen molar-refractivity contribution in [1.29, 1.82) is 0 Å². The fourth-order valence-corrected chi connectivity index (χ4v) is 5.05. The molecule has 210 valence electrons. The number of hydrogen-bond acceptors (Lipinski definition) is 2. The van der Waals surface area contributed by atoms with Crippen LogP contribution in [0.3, 0.4) is 0 Å². The van der Waals surface area contributed by atoms with Crippen molar-refractivity contribution in [2.45, 2.75) is 64.2 Å². The molecular weight excluding hydrogens is 699 g/mol. The van der Waals surface area contributed by atoms with Crippen LogP contribution in [0.5, 0.6) is 0 Å². The van der Waals surface area contributed by atoms with Crippen LogP contribution in [0.15, 0.2) is 95.9 Å². The average Bonchev–Trinajstić information content (AvgIpc) is 2.93. The van der Waals surface area contributed by atoms with Gasteiger partial charge in [-0.25, -0.2) is 5.56 Å². The van der Waals surface area contributed by atoms with Gasteiger partial charge in [0.15, 0.2) is 0 Å². The van der Waals surface area contributed by atoms with Crippen LogP contribution in [0.25, 0.3) is 44.8 Å². The number of aromatic nitrogens is 1. The molecule has 0 fully saturated rings. The minimum atomic E-state index is 0. The Morgan fingerprint density at radius 1 is 0.634 bits per heavy atom. The standard InChI is InChI=1S/C38H37NS.Au/c1-25-11-20-36(40)33(21-25)35-10-8-9-34(39-35)30-23-28(26-12-16-31(17-13-26)37(2,3)4)22-29(24-30)27-14-18-32(19-15-27)38(5,6)7;/h8-14,16-23,40H,1-7H3;/q-2;+3/p-1. The van der Waals surface area contributed by atoms with Crippen LogP contribution in [0.2, 0.25) is 0 Å². The van der Waals surface area contributed by atoms with E-state index < -0.39 is 0 Å². The van der Waals surface area contributed by atoms with E-state index in [4.69, 9.17) is 17.6 Å². The minimum Gasteiger partial charge on any atom is -0.779 e. The van der Waals surface area contributed by atoms with Gasteiger partial charge in [-0.15, -0.1) is 23.3 Å². The molecule has 1 nitrogen and oxygen atoms in total. The second-order valence-corrected chi connectivity index (χ2v) is 13.1. The first-order chi connectivity index (χ1) is 18.9. The van der Waals surface area contributed by atoms with E-state index in [9.17, 15) is 0 Å². The maximum atomic E-state index is 5.64. The zero-order valence-electron chi connectivity index (χ0n) is 24.8. The Balaban J connectivity index is 0.00000387. The maximum absolute atomic E-state index is 5.64. The quantitative estimate of drug-likeness (QED) is 0.104. The van der Waals surface area contributed by atoms with Gasteiger partial charge < -0.3 is 12.6 Å². The van der Waals surface area contributed by atoms with Gasteiger partial charge in [0, 0.05) is 5.69 Å². The first kappa shape index (κ1) is 30.9. The van der Waals surface area contributed by atoms with Crippen LogP contribution < -0.4 is 0 Å². The van der Waals surface area contributed by atoms with E-state index in [0.29, 0.717) is 0 Å². The van der Waals surface area contributed by atoms with E-state index in [2.05, 4.69) is 133 Å². The van der Waals surface area contributed by atoms with Crippen molar-refractivity contribution >= 4 is 12.6 Å². The van der Waals surface area contributed by atoms with Gasteiger partial charge in [-0.3, -0.25) is 4.98 Å². The largest absolute Gasteiger partial charge is 3.00 e. The first-order valence-electron chi connectivity index (χ1n) is 13.8. The second kappa shape index (κ2) is 12.1. The summed E-state index contributed by atoms with van der Waals surface area (Å²) in [6.45, 7) is 15.5. The minimum absolute atomic E-state index is 0. The summed E-state index contributed by atoms with van der Waals surface area (Å²) >= 11 is 5.64. The number of benzene rings is 4. The SMILES string of the molecule is Cc1ccc([S-])c(-c2cccc(-c3[c-]c(-c4[c-]cc(C(C)(C)C)cc4)cc(-c4ccc(C(C)(C)C)cc4)c3)n2)c1.[Au+3]. The topological polar surface area (TPSA) is 12.9 Å². The fraction of sp³-hybridized carbons (Fsp3) is 0.237. The molecule has 0 radical (unpaired) electrons. The molecule has 41 heavy (non-hydrogen) atoms. The number of nitrogens with zero attached hydrogens (tertiary/aromatic N) is 1. The van der Waals surface area contributed by atoms with Crippen LogP contribution in [-0.2, 0) is 45.8 Å². The zero-order chi connectivity index (χ0) is 28.7. The van der Waals surface area contributed by atoms with Crippen molar-refractivity contribution in [3.8, 4) is 44.8 Å². The molecule has 0 aliphatic heterocycles. The van der Waals surface area contributed by atoms with E-state index in [1.807, 2.05) is 18.2 Å². The van der Waals surface area contributed by atoms with Gasteiger partial charge in [-0.2, -0.15) is 40.8 Å². The zero-order valence-corrected chi connectivity index (χ0v) is 27.8. The molecule has 0 aliphatic rings. The molecule has 4 aromatic carbocycles. The summed E-state index contributed by atoms with van der Waals surface area (Å²) in [6, 6.07) is 39.2. The normalized spacial score (nSPS) is 11.7. The number of hydrogen-bond donors (Lipinski definition) is 0. The van der Waals surface area contributed by atoms with E-state index in [1.54, 1.807) is 0 Å². The number of rotatable bonds is 4. The monoisotopic (exact) mass is 735 g/mol. The van der Waals surface area contributed by atoms with E-state index in [-0.39, 0.29) is 33.2 Å². The van der Waals surface area contributed by atoms with Gasteiger partial charge in [0.05, 0.1) is 5.69 Å². The molecule has 0 aliphatic carbocycles. The predicted octanol–water partition coefficient (Wildman–Crippen LogP) is 10.2. The van der Waals surface area contributed by atoms with Crippen LogP contribution in [0, 0.1) is 19.1 Å². The summed E-state index contributed by atoms with van der Waals surface area (Å²) in [5, 5.41) is 0. The molecule has 5 rings (SSSR count). The molecule has 0 N–H and O–H groups in total. The summed E-state index contributed by atoms with van der Waals surface area (Å²) in [4.78, 5) is 5.88. The smallest absolute Gasteiger partial charge is 0.779 e. The third-order valence-electron chi connectivity index (χ3n) is 7.36. The Hall–Kier alpha value is -3.01. The van der Waals surface area contributed by atoms with Crippen LogP contribution >= 0.6 is 0 Å². The van der Waals surface area contributed by atoms with E-state index in [1.165, 1.54) is 22.3 Å². The summed E-state index contributed by atoms with van der Waals surface area (Å²) in [5.74, 6) is 0. The number of pyridine rings is 1. The Morgan fingerprint density at radius 3 is 1.90 bits per heavy atom. The molecule has 0 unspecified atom stereocenters. The van der Waals surface area contributed by atoms with E-state index in [0.717, 1.165) is 44.1 Å². The number of aryl methyl sites for hydroxylation is 1. The third kappa shape index (κ3) is 7.08. The van der Waals surface area contributed by atoms with Crippen LogP contribution in [0.4, 0.5) is 0 Å². The van der Waals surface area contributed by atoms with E-state index >= 15 is 0 Å². The first-order valence-corrected chi connectivity index (χ1v) is 14.3. The Morgan fingerprint density at radius 2 is 1.27 bits per heavy atom.